The third-order valence-electron chi connectivity index (χ3n) is 4.27. The van der Waals surface area contributed by atoms with E-state index in [9.17, 15) is 14.4 Å². The number of halogens is 1. The van der Waals surface area contributed by atoms with Crippen LogP contribution < -0.4 is 15.6 Å². The molecule has 0 aliphatic heterocycles. The van der Waals surface area contributed by atoms with Gasteiger partial charge in [-0.25, -0.2) is 4.79 Å². The molecule has 8 nitrogen and oxygen atoms in total. The van der Waals surface area contributed by atoms with E-state index in [-0.39, 0.29) is 18.1 Å². The highest BCUT2D eigenvalue weighted by Crippen LogP contribution is 2.23. The van der Waals surface area contributed by atoms with Crippen molar-refractivity contribution >= 4 is 29.2 Å². The number of nitrogens with one attached hydrogen (secondary N) is 1. The zero-order valence-electron chi connectivity index (χ0n) is 16.9. The van der Waals surface area contributed by atoms with Crippen LogP contribution in [-0.4, -0.2) is 34.9 Å². The monoisotopic (exact) mass is 441 g/mol. The molecule has 0 unspecified atom stereocenters. The summed E-state index contributed by atoms with van der Waals surface area (Å²) in [4.78, 5) is 37.3. The lowest BCUT2D eigenvalue weighted by atomic mass is 10.2. The fraction of sp³-hybridized carbons (Fsp3) is 0.182. The zero-order valence-corrected chi connectivity index (χ0v) is 17.7. The van der Waals surface area contributed by atoms with E-state index < -0.39 is 24.0 Å². The van der Waals surface area contributed by atoms with E-state index in [0.29, 0.717) is 22.0 Å². The minimum Gasteiger partial charge on any atom is -0.481 e. The Labute approximate surface area is 183 Å². The molecule has 0 saturated heterocycles. The maximum Gasteiger partial charge on any atom is 0.362 e. The van der Waals surface area contributed by atoms with Crippen molar-refractivity contribution in [2.75, 3.05) is 18.5 Å². The number of anilines is 1. The fourth-order valence-electron chi connectivity index (χ4n) is 2.72. The molecule has 1 heterocycles. The van der Waals surface area contributed by atoms with Gasteiger partial charge in [-0.2, -0.15) is 9.78 Å². The van der Waals surface area contributed by atoms with E-state index in [1.807, 2.05) is 0 Å². The number of ether oxygens (including phenoxy) is 2. The molecule has 0 bridgehead atoms. The number of hydrogen-bond donors (Lipinski definition) is 1. The fourth-order valence-corrected chi connectivity index (χ4v) is 2.89. The van der Waals surface area contributed by atoms with Gasteiger partial charge in [0.25, 0.3) is 11.5 Å². The number of carbonyl (C=O) groups excluding carboxylic acids is 2. The van der Waals surface area contributed by atoms with Crippen molar-refractivity contribution in [2.45, 2.75) is 13.8 Å². The van der Waals surface area contributed by atoms with Crippen LogP contribution >= 0.6 is 11.6 Å². The van der Waals surface area contributed by atoms with Gasteiger partial charge in [0.15, 0.2) is 12.4 Å². The van der Waals surface area contributed by atoms with E-state index in [1.165, 1.54) is 0 Å². The van der Waals surface area contributed by atoms with E-state index in [4.69, 9.17) is 21.1 Å². The Morgan fingerprint density at radius 3 is 2.58 bits per heavy atom. The number of esters is 1. The first-order valence-electron chi connectivity index (χ1n) is 9.45. The number of carbonyl (C=O) groups is 2. The molecule has 1 N–H and O–H groups in total. The first kappa shape index (κ1) is 22.0. The molecule has 3 rings (SSSR count). The van der Waals surface area contributed by atoms with Gasteiger partial charge in [-0.15, -0.1) is 0 Å². The average molecular weight is 442 g/mol. The number of aromatic nitrogens is 2. The third-order valence-corrected chi connectivity index (χ3v) is 4.68. The second-order valence-corrected chi connectivity index (χ2v) is 6.82. The van der Waals surface area contributed by atoms with Gasteiger partial charge in [0, 0.05) is 10.7 Å². The van der Waals surface area contributed by atoms with Gasteiger partial charge in [0.2, 0.25) is 5.69 Å². The summed E-state index contributed by atoms with van der Waals surface area (Å²) in [6.07, 6.45) is 0. The second-order valence-electron chi connectivity index (χ2n) is 6.41. The Morgan fingerprint density at radius 1 is 1.13 bits per heavy atom. The lowest BCUT2D eigenvalue weighted by Crippen LogP contribution is -2.27. The van der Waals surface area contributed by atoms with Crippen LogP contribution in [0.1, 0.15) is 23.0 Å². The van der Waals surface area contributed by atoms with Crippen molar-refractivity contribution in [3.8, 4) is 11.4 Å². The van der Waals surface area contributed by atoms with E-state index in [1.54, 1.807) is 62.4 Å². The van der Waals surface area contributed by atoms with Crippen molar-refractivity contribution in [1.29, 1.82) is 0 Å². The Hall–Kier alpha value is -3.65. The molecule has 31 heavy (non-hydrogen) atoms. The lowest BCUT2D eigenvalue weighted by Gasteiger charge is -2.13. The van der Waals surface area contributed by atoms with E-state index in [0.717, 1.165) is 10.7 Å². The number of nitrogens with zero attached hydrogens (tertiary/aromatic N) is 2. The molecular weight excluding hydrogens is 422 g/mol. The average Bonchev–Trinajstić information content (AvgIpc) is 2.76. The minimum atomic E-state index is -0.770. The van der Waals surface area contributed by atoms with Crippen molar-refractivity contribution in [3.05, 3.63) is 81.2 Å². The lowest BCUT2D eigenvalue weighted by molar-refractivity contribution is -0.118. The quantitative estimate of drug-likeness (QED) is 0.564. The Morgan fingerprint density at radius 2 is 1.87 bits per heavy atom. The smallest absolute Gasteiger partial charge is 0.362 e. The first-order valence-corrected chi connectivity index (χ1v) is 9.83. The van der Waals surface area contributed by atoms with Crippen molar-refractivity contribution in [3.63, 3.8) is 0 Å². The standard InChI is InChI=1S/C22H20ClN3O5/c1-3-30-22(29)21-18(12-20(28)26(25-21)15-8-5-4-6-9-15)31-13-19(27)24-17-11-7-10-16(23)14(17)2/h4-12H,3,13H2,1-2H3,(H,24,27). The summed E-state index contributed by atoms with van der Waals surface area (Å²) in [7, 11) is 0. The second kappa shape index (κ2) is 9.90. The molecule has 3 aromatic rings. The molecular formula is C22H20ClN3O5. The van der Waals surface area contributed by atoms with Gasteiger partial charge in [-0.3, -0.25) is 9.59 Å². The van der Waals surface area contributed by atoms with Crippen LogP contribution in [0.5, 0.6) is 5.75 Å². The predicted octanol–water partition coefficient (Wildman–Crippen LogP) is 3.39. The topological polar surface area (TPSA) is 99.5 Å². The van der Waals surface area contributed by atoms with E-state index in [2.05, 4.69) is 10.4 Å². The molecule has 0 spiro atoms. The molecule has 160 valence electrons. The summed E-state index contributed by atoms with van der Waals surface area (Å²) >= 11 is 6.06. The number of hydrogen-bond acceptors (Lipinski definition) is 6. The Kier molecular flexibility index (Phi) is 7.04. The van der Waals surface area contributed by atoms with Crippen molar-refractivity contribution in [2.24, 2.45) is 0 Å². The predicted molar refractivity (Wildman–Crippen MR) is 116 cm³/mol. The molecule has 0 radical (unpaired) electrons. The highest BCUT2D eigenvalue weighted by atomic mass is 35.5. The number of para-hydroxylation sites is 1. The van der Waals surface area contributed by atoms with E-state index >= 15 is 0 Å². The molecule has 9 heteroatoms. The van der Waals surface area contributed by atoms with Gasteiger partial charge in [-0.1, -0.05) is 35.9 Å². The first-order chi connectivity index (χ1) is 14.9. The molecule has 0 fully saturated rings. The number of amides is 1. The number of benzene rings is 2. The molecule has 0 atom stereocenters. The van der Waals surface area contributed by atoms with Crippen LogP contribution in [0.3, 0.4) is 0 Å². The van der Waals surface area contributed by atoms with Crippen molar-refractivity contribution < 1.29 is 19.1 Å². The van der Waals surface area contributed by atoms with Crippen LogP contribution in [0.2, 0.25) is 5.02 Å². The molecule has 0 saturated carbocycles. The Bertz CT molecular complexity index is 1160. The normalized spacial score (nSPS) is 10.4. The summed E-state index contributed by atoms with van der Waals surface area (Å²) < 4.78 is 11.5. The van der Waals surface area contributed by atoms with Gasteiger partial charge in [0.1, 0.15) is 0 Å². The molecule has 1 aromatic heterocycles. The maximum atomic E-state index is 12.5. The van der Waals surface area contributed by atoms with Crippen LogP contribution in [0.25, 0.3) is 5.69 Å². The SMILES string of the molecule is CCOC(=O)c1nn(-c2ccccc2)c(=O)cc1OCC(=O)Nc1cccc(Cl)c1C. The van der Waals surface area contributed by atoms with Gasteiger partial charge < -0.3 is 14.8 Å². The molecule has 0 aliphatic rings. The summed E-state index contributed by atoms with van der Waals surface area (Å²) in [5, 5.41) is 7.29. The molecule has 0 aliphatic carbocycles. The summed E-state index contributed by atoms with van der Waals surface area (Å²) in [5.74, 6) is -1.41. The Balaban J connectivity index is 1.85. The summed E-state index contributed by atoms with van der Waals surface area (Å²) in [6, 6.07) is 14.8. The largest absolute Gasteiger partial charge is 0.481 e. The van der Waals surface area contributed by atoms with Crippen LogP contribution in [-0.2, 0) is 9.53 Å². The maximum absolute atomic E-state index is 12.5. The summed E-state index contributed by atoms with van der Waals surface area (Å²) in [5.41, 5.74) is 0.970. The third kappa shape index (κ3) is 5.29. The van der Waals surface area contributed by atoms with Crippen molar-refractivity contribution in [1.82, 2.24) is 9.78 Å². The van der Waals surface area contributed by atoms with Crippen LogP contribution in [0.15, 0.2) is 59.4 Å². The van der Waals surface area contributed by atoms with Gasteiger partial charge in [-0.05, 0) is 43.7 Å². The molecule has 1 amide bonds. The highest BCUT2D eigenvalue weighted by Gasteiger charge is 2.20. The zero-order chi connectivity index (χ0) is 22.4. The summed E-state index contributed by atoms with van der Waals surface area (Å²) in [6.45, 7) is 3.07. The molecule has 2 aromatic carbocycles. The minimum absolute atomic E-state index is 0.110. The highest BCUT2D eigenvalue weighted by molar-refractivity contribution is 6.31. The number of rotatable bonds is 7. The van der Waals surface area contributed by atoms with Crippen LogP contribution in [0.4, 0.5) is 5.69 Å². The van der Waals surface area contributed by atoms with Crippen LogP contribution in [0, 0.1) is 6.92 Å². The van der Waals surface area contributed by atoms with Gasteiger partial charge >= 0.3 is 5.97 Å². The van der Waals surface area contributed by atoms with Gasteiger partial charge in [0.05, 0.1) is 18.4 Å².